The molecule has 0 unspecified atom stereocenters. The summed E-state index contributed by atoms with van der Waals surface area (Å²) in [5.41, 5.74) is 0. The van der Waals surface area contributed by atoms with Crippen molar-refractivity contribution >= 4 is 45.2 Å². The van der Waals surface area contributed by atoms with Gasteiger partial charge in [0.15, 0.2) is 2.12 Å². The lowest BCUT2D eigenvalue weighted by Gasteiger charge is -2.32. The van der Waals surface area contributed by atoms with E-state index in [1.54, 1.807) is 0 Å². The first-order valence-corrected chi connectivity index (χ1v) is 6.37. The molecule has 0 spiro atoms. The lowest BCUT2D eigenvalue weighted by atomic mass is 10.2. The van der Waals surface area contributed by atoms with Crippen molar-refractivity contribution in [3.8, 4) is 0 Å². The highest BCUT2D eigenvalue weighted by Gasteiger charge is 2.19. The Morgan fingerprint density at radius 3 is 3.00 bits per heavy atom. The molecule has 0 aromatic carbocycles. The van der Waals surface area contributed by atoms with Crippen molar-refractivity contribution in [2.75, 3.05) is 33.4 Å². The first-order valence-electron chi connectivity index (χ1n) is 3.88. The summed E-state index contributed by atoms with van der Waals surface area (Å²) in [6, 6.07) is 0.436. The number of hydrogen-bond acceptors (Lipinski definition) is 3. The minimum Gasteiger partial charge on any atom is -0.378 e. The molecule has 0 aromatic rings. The Hall–Kier alpha value is 1.34. The summed E-state index contributed by atoms with van der Waals surface area (Å²) in [5, 5.41) is 0. The molecule has 1 fully saturated rings. The Kier molecular flexibility index (Phi) is 5.65. The van der Waals surface area contributed by atoms with E-state index in [1.807, 2.05) is 0 Å². The lowest BCUT2D eigenvalue weighted by Crippen LogP contribution is -2.45. The van der Waals surface area contributed by atoms with Crippen LogP contribution in [0.25, 0.3) is 0 Å². The fourth-order valence-electron chi connectivity index (χ4n) is 1.10. The Bertz CT molecular complexity index is 135. The van der Waals surface area contributed by atoms with Crippen LogP contribution in [0.4, 0.5) is 0 Å². The molecule has 1 atom stereocenters. The first kappa shape index (κ1) is 11.4. The molecule has 5 heteroatoms. The predicted octanol–water partition coefficient (Wildman–Crippen LogP) is 1.49. The van der Waals surface area contributed by atoms with Gasteiger partial charge in [-0.3, -0.25) is 4.90 Å². The maximum absolute atomic E-state index is 5.50. The van der Waals surface area contributed by atoms with E-state index in [9.17, 15) is 0 Å². The van der Waals surface area contributed by atoms with Crippen LogP contribution in [-0.2, 0) is 9.47 Å². The molecule has 72 valence electrons. The Balaban J connectivity index is 2.20. The third-order valence-electron chi connectivity index (χ3n) is 1.94. The van der Waals surface area contributed by atoms with Gasteiger partial charge in [0.05, 0.1) is 25.9 Å². The fraction of sp³-hybridized carbons (Fsp3) is 1.00. The van der Waals surface area contributed by atoms with Crippen molar-refractivity contribution in [1.29, 1.82) is 0 Å². The number of ether oxygens (including phenoxy) is 2. The number of alkyl halides is 2. The summed E-state index contributed by atoms with van der Waals surface area (Å²) in [6.07, 6.45) is 0. The number of rotatable bonds is 3. The molecule has 0 aromatic heterocycles. The summed E-state index contributed by atoms with van der Waals surface area (Å²) in [4.78, 5) is 2.29. The van der Waals surface area contributed by atoms with Gasteiger partial charge < -0.3 is 9.47 Å². The van der Waals surface area contributed by atoms with Crippen LogP contribution < -0.4 is 0 Å². The monoisotopic (exact) mass is 397 g/mol. The van der Waals surface area contributed by atoms with Crippen LogP contribution in [0.5, 0.6) is 0 Å². The van der Waals surface area contributed by atoms with Gasteiger partial charge in [0, 0.05) is 6.54 Å². The fourth-order valence-corrected chi connectivity index (χ4v) is 1.51. The van der Waals surface area contributed by atoms with Gasteiger partial charge in [0.25, 0.3) is 0 Å². The molecule has 1 aliphatic rings. The molecule has 3 nitrogen and oxygen atoms in total. The molecular formula is C7H13I2NO2. The Morgan fingerprint density at radius 1 is 1.67 bits per heavy atom. The largest absolute Gasteiger partial charge is 0.378 e. The van der Waals surface area contributed by atoms with Crippen molar-refractivity contribution in [1.82, 2.24) is 4.90 Å². The maximum Gasteiger partial charge on any atom is 0.159 e. The van der Waals surface area contributed by atoms with Gasteiger partial charge in [-0.1, -0.05) is 0 Å². The summed E-state index contributed by atoms with van der Waals surface area (Å²) in [7, 11) is 2.12. The van der Waals surface area contributed by atoms with E-state index in [0.29, 0.717) is 6.04 Å². The van der Waals surface area contributed by atoms with Crippen molar-refractivity contribution in [3.63, 3.8) is 0 Å². The normalized spacial score (nSPS) is 26.5. The Morgan fingerprint density at radius 2 is 2.42 bits per heavy atom. The van der Waals surface area contributed by atoms with E-state index < -0.39 is 0 Å². The SMILES string of the molecule is CN1CCOC[C@H]1COC(I)I. The van der Waals surface area contributed by atoms with Crippen molar-refractivity contribution in [3.05, 3.63) is 0 Å². The van der Waals surface area contributed by atoms with E-state index in [-0.39, 0.29) is 2.12 Å². The molecule has 1 rings (SSSR count). The molecule has 0 saturated carbocycles. The number of halogens is 2. The van der Waals surface area contributed by atoms with Gasteiger partial charge >= 0.3 is 0 Å². The highest BCUT2D eigenvalue weighted by Crippen LogP contribution is 2.13. The average Bonchev–Trinajstić information content (AvgIpc) is 2.03. The minimum atomic E-state index is 0.260. The van der Waals surface area contributed by atoms with E-state index in [1.165, 1.54) is 0 Å². The number of likely N-dealkylation sites (N-methyl/N-ethyl adjacent to an activating group) is 1. The summed E-state index contributed by atoms with van der Waals surface area (Å²) < 4.78 is 11.1. The predicted molar refractivity (Wildman–Crippen MR) is 65.0 cm³/mol. The molecule has 0 aliphatic carbocycles. The highest BCUT2D eigenvalue weighted by atomic mass is 127. The third kappa shape index (κ3) is 4.03. The zero-order valence-electron chi connectivity index (χ0n) is 7.00. The second kappa shape index (κ2) is 5.94. The van der Waals surface area contributed by atoms with Crippen LogP contribution in [0.15, 0.2) is 0 Å². The van der Waals surface area contributed by atoms with Crippen molar-refractivity contribution in [2.45, 2.75) is 8.16 Å². The summed E-state index contributed by atoms with van der Waals surface area (Å²) >= 11 is 4.50. The van der Waals surface area contributed by atoms with Gasteiger partial charge in [-0.15, -0.1) is 0 Å². The van der Waals surface area contributed by atoms with Crippen LogP contribution in [0, 0.1) is 0 Å². The summed E-state index contributed by atoms with van der Waals surface area (Å²) in [6.45, 7) is 3.44. The molecule has 0 radical (unpaired) electrons. The highest BCUT2D eigenvalue weighted by molar-refractivity contribution is 14.2. The molecule has 1 heterocycles. The molecule has 1 aliphatic heterocycles. The number of nitrogens with zero attached hydrogens (tertiary/aromatic N) is 1. The van der Waals surface area contributed by atoms with E-state index in [0.717, 1.165) is 26.4 Å². The third-order valence-corrected chi connectivity index (χ3v) is 2.66. The van der Waals surface area contributed by atoms with Gasteiger partial charge in [0.2, 0.25) is 0 Å². The van der Waals surface area contributed by atoms with E-state index in [4.69, 9.17) is 9.47 Å². The Labute approximate surface area is 100 Å². The smallest absolute Gasteiger partial charge is 0.159 e. The molecule has 1 saturated heterocycles. The van der Waals surface area contributed by atoms with Crippen LogP contribution in [-0.4, -0.2) is 46.5 Å². The second-order valence-corrected chi connectivity index (χ2v) is 7.45. The number of morpholine rings is 1. The second-order valence-electron chi connectivity index (χ2n) is 2.80. The minimum absolute atomic E-state index is 0.260. The van der Waals surface area contributed by atoms with E-state index in [2.05, 4.69) is 57.1 Å². The maximum atomic E-state index is 5.50. The quantitative estimate of drug-likeness (QED) is 0.533. The van der Waals surface area contributed by atoms with Gasteiger partial charge in [0.1, 0.15) is 0 Å². The average molecular weight is 397 g/mol. The molecule has 0 bridgehead atoms. The van der Waals surface area contributed by atoms with Gasteiger partial charge in [-0.2, -0.15) is 0 Å². The van der Waals surface area contributed by atoms with Crippen LogP contribution in [0.3, 0.4) is 0 Å². The van der Waals surface area contributed by atoms with E-state index >= 15 is 0 Å². The van der Waals surface area contributed by atoms with Crippen molar-refractivity contribution in [2.24, 2.45) is 0 Å². The standard InChI is InChI=1S/C7H13I2NO2/c1-10-2-3-11-4-6(10)5-12-7(8)9/h6-7H,2-5H2,1H3/t6-/m0/s1. The zero-order chi connectivity index (χ0) is 8.97. The summed E-state index contributed by atoms with van der Waals surface area (Å²) in [5.74, 6) is 0. The van der Waals surface area contributed by atoms with Gasteiger partial charge in [-0.05, 0) is 52.2 Å². The first-order chi connectivity index (χ1) is 5.70. The zero-order valence-corrected chi connectivity index (χ0v) is 11.3. The van der Waals surface area contributed by atoms with Crippen LogP contribution in [0.1, 0.15) is 0 Å². The molecular weight excluding hydrogens is 384 g/mol. The topological polar surface area (TPSA) is 21.7 Å². The van der Waals surface area contributed by atoms with Gasteiger partial charge in [-0.25, -0.2) is 0 Å². The lowest BCUT2D eigenvalue weighted by molar-refractivity contribution is -0.0255. The molecule has 0 N–H and O–H groups in total. The van der Waals surface area contributed by atoms with Crippen LogP contribution in [0.2, 0.25) is 0 Å². The van der Waals surface area contributed by atoms with Crippen LogP contribution >= 0.6 is 45.2 Å². The van der Waals surface area contributed by atoms with Crippen molar-refractivity contribution < 1.29 is 9.47 Å². The molecule has 0 amide bonds. The number of hydrogen-bond donors (Lipinski definition) is 0. The molecule has 12 heavy (non-hydrogen) atoms.